The van der Waals surface area contributed by atoms with Crippen molar-refractivity contribution < 1.29 is 17.9 Å². The number of nitrogens with zero attached hydrogens (tertiary/aromatic N) is 2. The maximum absolute atomic E-state index is 12.4. The van der Waals surface area contributed by atoms with Gasteiger partial charge in [0.2, 0.25) is 10.0 Å². The minimum Gasteiger partial charge on any atom is -0.383 e. The minimum absolute atomic E-state index is 0.242. The molecule has 29 heavy (non-hydrogen) atoms. The van der Waals surface area contributed by atoms with Crippen molar-refractivity contribution in [1.82, 2.24) is 14.9 Å². The molecule has 2 fully saturated rings. The largest absolute Gasteiger partial charge is 0.383 e. The highest BCUT2D eigenvalue weighted by atomic mass is 32.2. The lowest BCUT2D eigenvalue weighted by Gasteiger charge is -2.25. The Kier molecular flexibility index (Phi) is 7.50. The second-order valence-electron chi connectivity index (χ2n) is 7.68. The van der Waals surface area contributed by atoms with E-state index in [-0.39, 0.29) is 16.9 Å². The molecule has 2 saturated heterocycles. The van der Waals surface area contributed by atoms with E-state index >= 15 is 0 Å². The second-order valence-corrected chi connectivity index (χ2v) is 9.45. The van der Waals surface area contributed by atoms with Gasteiger partial charge in [-0.15, -0.1) is 0 Å². The monoisotopic (exact) mass is 424 g/mol. The van der Waals surface area contributed by atoms with Crippen molar-refractivity contribution in [2.75, 3.05) is 53.1 Å². The molecule has 1 unspecified atom stereocenters. The molecule has 1 aromatic rings. The predicted octanol–water partition coefficient (Wildman–Crippen LogP) is 1.19. The van der Waals surface area contributed by atoms with Crippen LogP contribution in [0.4, 0.5) is 0 Å². The van der Waals surface area contributed by atoms with Crippen LogP contribution in [0.2, 0.25) is 0 Å². The summed E-state index contributed by atoms with van der Waals surface area (Å²) in [5.74, 6) is 0.878. The number of likely N-dealkylation sites (tertiary alicyclic amines) is 1. The van der Waals surface area contributed by atoms with Crippen LogP contribution in [0.15, 0.2) is 34.2 Å². The SMILES string of the molecule is CCNC(=NCc1cccc(S(=O)(=O)NCCOC)c1)N1CCC2(CCOC2)C1. The summed E-state index contributed by atoms with van der Waals surface area (Å²) in [5.41, 5.74) is 1.12. The fourth-order valence-electron chi connectivity index (χ4n) is 3.85. The lowest BCUT2D eigenvalue weighted by atomic mass is 9.87. The molecule has 2 heterocycles. The fraction of sp³-hybridized carbons (Fsp3) is 0.650. The van der Waals surface area contributed by atoms with Crippen LogP contribution in [0.5, 0.6) is 0 Å². The Labute approximate surface area is 173 Å². The molecule has 0 bridgehead atoms. The average molecular weight is 425 g/mol. The van der Waals surface area contributed by atoms with E-state index in [1.54, 1.807) is 18.2 Å². The molecule has 3 rings (SSSR count). The highest BCUT2D eigenvalue weighted by Crippen LogP contribution is 2.38. The number of aliphatic imine (C=N–C) groups is 1. The zero-order chi connectivity index (χ0) is 20.7. The molecular weight excluding hydrogens is 392 g/mol. The van der Waals surface area contributed by atoms with Crippen LogP contribution in [-0.4, -0.2) is 72.4 Å². The summed E-state index contributed by atoms with van der Waals surface area (Å²) >= 11 is 0. The van der Waals surface area contributed by atoms with Crippen LogP contribution in [0.1, 0.15) is 25.3 Å². The third-order valence-electron chi connectivity index (χ3n) is 5.48. The zero-order valence-corrected chi connectivity index (χ0v) is 18.1. The Balaban J connectivity index is 1.68. The molecule has 2 aliphatic rings. The first kappa shape index (κ1) is 22.0. The van der Waals surface area contributed by atoms with Gasteiger partial charge >= 0.3 is 0 Å². The molecule has 8 nitrogen and oxygen atoms in total. The number of hydrogen-bond donors (Lipinski definition) is 2. The molecule has 1 aromatic carbocycles. The molecule has 162 valence electrons. The fourth-order valence-corrected chi connectivity index (χ4v) is 4.93. The van der Waals surface area contributed by atoms with Gasteiger partial charge in [-0.3, -0.25) is 0 Å². The number of ether oxygens (including phenoxy) is 2. The Morgan fingerprint density at radius 3 is 2.97 bits per heavy atom. The van der Waals surface area contributed by atoms with Crippen LogP contribution in [0, 0.1) is 5.41 Å². The quantitative estimate of drug-likeness (QED) is 0.370. The maximum atomic E-state index is 12.4. The first-order valence-corrected chi connectivity index (χ1v) is 11.6. The normalized spacial score (nSPS) is 22.6. The Hall–Kier alpha value is -1.68. The lowest BCUT2D eigenvalue weighted by molar-refractivity contribution is 0.156. The summed E-state index contributed by atoms with van der Waals surface area (Å²) in [5, 5.41) is 3.37. The zero-order valence-electron chi connectivity index (χ0n) is 17.3. The van der Waals surface area contributed by atoms with Crippen molar-refractivity contribution in [1.29, 1.82) is 0 Å². The molecule has 0 saturated carbocycles. The van der Waals surface area contributed by atoms with Crippen molar-refractivity contribution in [3.63, 3.8) is 0 Å². The van der Waals surface area contributed by atoms with E-state index in [0.717, 1.165) is 57.2 Å². The van der Waals surface area contributed by atoms with Crippen LogP contribution in [0.3, 0.4) is 0 Å². The molecule has 1 spiro atoms. The van der Waals surface area contributed by atoms with Gasteiger partial charge in [-0.25, -0.2) is 18.1 Å². The van der Waals surface area contributed by atoms with Crippen molar-refractivity contribution in [2.45, 2.75) is 31.2 Å². The smallest absolute Gasteiger partial charge is 0.240 e. The molecule has 0 aliphatic carbocycles. The summed E-state index contributed by atoms with van der Waals surface area (Å²) < 4.78 is 37.9. The van der Waals surface area contributed by atoms with Gasteiger partial charge in [0.25, 0.3) is 0 Å². The summed E-state index contributed by atoms with van der Waals surface area (Å²) in [4.78, 5) is 7.32. The van der Waals surface area contributed by atoms with Gasteiger partial charge in [0.1, 0.15) is 0 Å². The third kappa shape index (κ3) is 5.69. The van der Waals surface area contributed by atoms with Gasteiger partial charge in [-0.2, -0.15) is 0 Å². The van der Waals surface area contributed by atoms with E-state index in [9.17, 15) is 8.42 Å². The number of rotatable bonds is 8. The number of hydrogen-bond acceptors (Lipinski definition) is 5. The van der Waals surface area contributed by atoms with Crippen LogP contribution in [0.25, 0.3) is 0 Å². The highest BCUT2D eigenvalue weighted by molar-refractivity contribution is 7.89. The second kappa shape index (κ2) is 9.88. The van der Waals surface area contributed by atoms with Gasteiger partial charge in [0.05, 0.1) is 24.7 Å². The van der Waals surface area contributed by atoms with Crippen LogP contribution in [-0.2, 0) is 26.0 Å². The molecule has 0 aromatic heterocycles. The summed E-state index contributed by atoms with van der Waals surface area (Å²) in [6.45, 7) is 7.44. The summed E-state index contributed by atoms with van der Waals surface area (Å²) in [6.07, 6.45) is 2.23. The number of methoxy groups -OCH3 is 1. The number of benzene rings is 1. The predicted molar refractivity (Wildman–Crippen MR) is 112 cm³/mol. The van der Waals surface area contributed by atoms with Gasteiger partial charge in [-0.05, 0) is 37.5 Å². The van der Waals surface area contributed by atoms with Crippen molar-refractivity contribution in [2.24, 2.45) is 10.4 Å². The number of guanidine groups is 1. The molecular formula is C20H32N4O4S. The topological polar surface area (TPSA) is 92.3 Å². The van der Waals surface area contributed by atoms with Gasteiger partial charge in [0.15, 0.2) is 5.96 Å². The van der Waals surface area contributed by atoms with Gasteiger partial charge < -0.3 is 19.7 Å². The molecule has 9 heteroatoms. The summed E-state index contributed by atoms with van der Waals surface area (Å²) in [7, 11) is -2.01. The number of sulfonamides is 1. The van der Waals surface area contributed by atoms with Crippen LogP contribution >= 0.6 is 0 Å². The Bertz CT molecular complexity index is 806. The van der Waals surface area contributed by atoms with Crippen molar-refractivity contribution in [3.05, 3.63) is 29.8 Å². The third-order valence-corrected chi connectivity index (χ3v) is 6.93. The van der Waals surface area contributed by atoms with Gasteiger partial charge in [-0.1, -0.05) is 12.1 Å². The van der Waals surface area contributed by atoms with E-state index in [2.05, 4.69) is 21.9 Å². The van der Waals surface area contributed by atoms with E-state index in [0.29, 0.717) is 13.2 Å². The van der Waals surface area contributed by atoms with Crippen molar-refractivity contribution >= 4 is 16.0 Å². The summed E-state index contributed by atoms with van der Waals surface area (Å²) in [6, 6.07) is 6.93. The Morgan fingerprint density at radius 2 is 2.24 bits per heavy atom. The van der Waals surface area contributed by atoms with E-state index in [4.69, 9.17) is 14.5 Å². The molecule has 2 aliphatic heterocycles. The average Bonchev–Trinajstić information content (AvgIpc) is 3.35. The van der Waals surface area contributed by atoms with E-state index in [1.807, 2.05) is 6.07 Å². The van der Waals surface area contributed by atoms with E-state index in [1.165, 1.54) is 7.11 Å². The lowest BCUT2D eigenvalue weighted by Crippen LogP contribution is -2.41. The standard InChI is InChI=1S/C20H32N4O4S/c1-3-21-19(24-10-7-20(15-24)8-11-28-16-20)22-14-17-5-4-6-18(13-17)29(25,26)23-9-12-27-2/h4-6,13,23H,3,7-12,14-16H2,1-2H3,(H,21,22). The number of nitrogens with one attached hydrogen (secondary N) is 2. The Morgan fingerprint density at radius 1 is 1.38 bits per heavy atom. The van der Waals surface area contributed by atoms with Crippen LogP contribution < -0.4 is 10.0 Å². The first-order valence-electron chi connectivity index (χ1n) is 10.2. The molecule has 0 radical (unpaired) electrons. The molecule has 2 N–H and O–H groups in total. The molecule has 0 amide bonds. The van der Waals surface area contributed by atoms with Crippen molar-refractivity contribution in [3.8, 4) is 0 Å². The minimum atomic E-state index is -3.55. The van der Waals surface area contributed by atoms with E-state index < -0.39 is 10.0 Å². The highest BCUT2D eigenvalue weighted by Gasteiger charge is 2.42. The van der Waals surface area contributed by atoms with Gasteiger partial charge in [0, 0.05) is 45.3 Å². The first-order chi connectivity index (χ1) is 14.0. The maximum Gasteiger partial charge on any atom is 0.240 e. The molecule has 1 atom stereocenters.